The molecular weight excluding hydrogens is 246 g/mol. The van der Waals surface area contributed by atoms with Gasteiger partial charge < -0.3 is 10.1 Å². The van der Waals surface area contributed by atoms with E-state index in [9.17, 15) is 0 Å². The molecule has 1 aromatic carbocycles. The summed E-state index contributed by atoms with van der Waals surface area (Å²) >= 11 is 0. The van der Waals surface area contributed by atoms with Crippen LogP contribution in [0.5, 0.6) is 5.75 Å². The third-order valence-corrected chi connectivity index (χ3v) is 4.56. The van der Waals surface area contributed by atoms with E-state index >= 15 is 0 Å². The normalized spacial score (nSPS) is 16.4. The molecule has 0 amide bonds. The molecule has 0 bridgehead atoms. The molecule has 1 aliphatic rings. The summed E-state index contributed by atoms with van der Waals surface area (Å²) in [7, 11) is 0. The molecule has 2 rings (SSSR count). The van der Waals surface area contributed by atoms with E-state index in [-0.39, 0.29) is 5.41 Å². The smallest absolute Gasteiger partial charge is 0.122 e. The van der Waals surface area contributed by atoms with Gasteiger partial charge in [-0.25, -0.2) is 0 Å². The number of aryl methyl sites for hydroxylation is 1. The number of hydrogen-bond donors (Lipinski definition) is 1. The van der Waals surface area contributed by atoms with Crippen molar-refractivity contribution in [1.29, 1.82) is 0 Å². The van der Waals surface area contributed by atoms with Gasteiger partial charge in [0, 0.05) is 6.04 Å². The van der Waals surface area contributed by atoms with Crippen LogP contribution in [-0.2, 0) is 6.42 Å². The summed E-state index contributed by atoms with van der Waals surface area (Å²) in [6.45, 7) is 11.2. The van der Waals surface area contributed by atoms with Crippen LogP contribution in [0.25, 0.3) is 0 Å². The fourth-order valence-corrected chi connectivity index (χ4v) is 2.90. The van der Waals surface area contributed by atoms with Gasteiger partial charge in [-0.3, -0.25) is 0 Å². The Morgan fingerprint density at radius 1 is 1.30 bits per heavy atom. The molecule has 0 saturated heterocycles. The molecule has 1 atom stereocenters. The first-order valence-electron chi connectivity index (χ1n) is 8.07. The van der Waals surface area contributed by atoms with Crippen molar-refractivity contribution in [3.8, 4) is 5.75 Å². The molecule has 1 aromatic rings. The average molecular weight is 275 g/mol. The molecule has 0 aliphatic carbocycles. The second-order valence-electron chi connectivity index (χ2n) is 6.55. The maximum absolute atomic E-state index is 5.73. The lowest BCUT2D eigenvalue weighted by molar-refractivity contribution is 0.234. The zero-order valence-corrected chi connectivity index (χ0v) is 13.5. The van der Waals surface area contributed by atoms with Gasteiger partial charge >= 0.3 is 0 Å². The molecule has 2 nitrogen and oxygen atoms in total. The Kier molecular flexibility index (Phi) is 5.09. The quantitative estimate of drug-likeness (QED) is 0.826. The van der Waals surface area contributed by atoms with Crippen LogP contribution in [-0.4, -0.2) is 13.2 Å². The molecule has 0 fully saturated rings. The standard InChI is InChI=1S/C18H29NO/c1-5-11-19-17(18(3,4)6-2)15-9-10-16-14(13-15)8-7-12-20-16/h9-10,13,17,19H,5-8,11-12H2,1-4H3. The SMILES string of the molecule is CCCNC(c1ccc2c(c1)CCCO2)C(C)(C)CC. The van der Waals surface area contributed by atoms with E-state index in [1.807, 2.05) is 0 Å². The van der Waals surface area contributed by atoms with Crippen LogP contribution >= 0.6 is 0 Å². The molecule has 112 valence electrons. The maximum atomic E-state index is 5.73. The van der Waals surface area contributed by atoms with Gasteiger partial charge in [0.1, 0.15) is 5.75 Å². The fourth-order valence-electron chi connectivity index (χ4n) is 2.90. The lowest BCUT2D eigenvalue weighted by atomic mass is 9.77. The first-order chi connectivity index (χ1) is 9.58. The van der Waals surface area contributed by atoms with Crippen molar-refractivity contribution < 1.29 is 4.74 Å². The van der Waals surface area contributed by atoms with Crippen LogP contribution in [0.3, 0.4) is 0 Å². The minimum Gasteiger partial charge on any atom is -0.493 e. The van der Waals surface area contributed by atoms with E-state index in [1.165, 1.54) is 24.0 Å². The molecule has 0 aromatic heterocycles. The second-order valence-corrected chi connectivity index (χ2v) is 6.55. The van der Waals surface area contributed by atoms with Gasteiger partial charge in [0.15, 0.2) is 0 Å². The highest BCUT2D eigenvalue weighted by Crippen LogP contribution is 2.38. The van der Waals surface area contributed by atoms with E-state index in [0.717, 1.165) is 31.7 Å². The number of rotatable bonds is 6. The summed E-state index contributed by atoms with van der Waals surface area (Å²) in [6, 6.07) is 7.18. The highest BCUT2D eigenvalue weighted by molar-refractivity contribution is 5.40. The van der Waals surface area contributed by atoms with Crippen molar-refractivity contribution in [2.75, 3.05) is 13.2 Å². The van der Waals surface area contributed by atoms with E-state index in [1.54, 1.807) is 0 Å². The molecule has 0 saturated carbocycles. The Bertz CT molecular complexity index is 439. The summed E-state index contributed by atoms with van der Waals surface area (Å²) in [6.07, 6.45) is 4.63. The molecule has 1 unspecified atom stereocenters. The molecule has 20 heavy (non-hydrogen) atoms. The fraction of sp³-hybridized carbons (Fsp3) is 0.667. The van der Waals surface area contributed by atoms with Crippen molar-refractivity contribution in [2.24, 2.45) is 5.41 Å². The number of fused-ring (bicyclic) bond motifs is 1. The third-order valence-electron chi connectivity index (χ3n) is 4.56. The minimum absolute atomic E-state index is 0.263. The van der Waals surface area contributed by atoms with Gasteiger partial charge in [-0.05, 0) is 54.8 Å². The van der Waals surface area contributed by atoms with Gasteiger partial charge in [0.25, 0.3) is 0 Å². The van der Waals surface area contributed by atoms with Crippen LogP contribution in [0.1, 0.15) is 64.1 Å². The highest BCUT2D eigenvalue weighted by Gasteiger charge is 2.29. The third kappa shape index (κ3) is 3.35. The lowest BCUT2D eigenvalue weighted by Crippen LogP contribution is -2.34. The molecular formula is C18H29NO. The van der Waals surface area contributed by atoms with Gasteiger partial charge in [-0.2, -0.15) is 0 Å². The van der Waals surface area contributed by atoms with Crippen LogP contribution in [0.2, 0.25) is 0 Å². The number of ether oxygens (including phenoxy) is 1. The van der Waals surface area contributed by atoms with Gasteiger partial charge in [0.05, 0.1) is 6.61 Å². The van der Waals surface area contributed by atoms with Gasteiger partial charge in [-0.1, -0.05) is 39.8 Å². The lowest BCUT2D eigenvalue weighted by Gasteiger charge is -2.35. The molecule has 1 N–H and O–H groups in total. The van der Waals surface area contributed by atoms with E-state index < -0.39 is 0 Å². The molecule has 0 radical (unpaired) electrons. The van der Waals surface area contributed by atoms with Crippen LogP contribution in [0.4, 0.5) is 0 Å². The van der Waals surface area contributed by atoms with E-state index in [4.69, 9.17) is 4.74 Å². The number of hydrogen-bond acceptors (Lipinski definition) is 2. The predicted molar refractivity (Wildman–Crippen MR) is 85.4 cm³/mol. The van der Waals surface area contributed by atoms with Crippen molar-refractivity contribution in [2.45, 2.75) is 59.4 Å². The Morgan fingerprint density at radius 2 is 2.10 bits per heavy atom. The van der Waals surface area contributed by atoms with E-state index in [0.29, 0.717) is 6.04 Å². The number of nitrogens with one attached hydrogen (secondary N) is 1. The van der Waals surface area contributed by atoms with Crippen molar-refractivity contribution in [3.05, 3.63) is 29.3 Å². The summed E-state index contributed by atoms with van der Waals surface area (Å²) in [4.78, 5) is 0. The van der Waals surface area contributed by atoms with Crippen molar-refractivity contribution in [1.82, 2.24) is 5.32 Å². The highest BCUT2D eigenvalue weighted by atomic mass is 16.5. The van der Waals surface area contributed by atoms with Crippen LogP contribution in [0.15, 0.2) is 18.2 Å². The second kappa shape index (κ2) is 6.62. The molecule has 1 aliphatic heterocycles. The molecule has 0 spiro atoms. The first-order valence-corrected chi connectivity index (χ1v) is 8.07. The Balaban J connectivity index is 2.28. The predicted octanol–water partition coefficient (Wildman–Crippen LogP) is 4.49. The van der Waals surface area contributed by atoms with Crippen molar-refractivity contribution in [3.63, 3.8) is 0 Å². The zero-order chi connectivity index (χ0) is 14.6. The summed E-state index contributed by atoms with van der Waals surface area (Å²) in [5.74, 6) is 1.09. The molecule has 2 heteroatoms. The van der Waals surface area contributed by atoms with E-state index in [2.05, 4.69) is 51.2 Å². The average Bonchev–Trinajstić information content (AvgIpc) is 2.47. The summed E-state index contributed by atoms with van der Waals surface area (Å²) < 4.78 is 5.73. The van der Waals surface area contributed by atoms with Crippen LogP contribution < -0.4 is 10.1 Å². The maximum Gasteiger partial charge on any atom is 0.122 e. The Morgan fingerprint density at radius 3 is 2.80 bits per heavy atom. The first kappa shape index (κ1) is 15.4. The van der Waals surface area contributed by atoms with Gasteiger partial charge in [0.2, 0.25) is 0 Å². The largest absolute Gasteiger partial charge is 0.493 e. The Labute approximate surface area is 123 Å². The van der Waals surface area contributed by atoms with Crippen molar-refractivity contribution >= 4 is 0 Å². The topological polar surface area (TPSA) is 21.3 Å². The Hall–Kier alpha value is -1.02. The van der Waals surface area contributed by atoms with Crippen LogP contribution in [0, 0.1) is 5.41 Å². The summed E-state index contributed by atoms with van der Waals surface area (Å²) in [5, 5.41) is 3.74. The monoisotopic (exact) mass is 275 g/mol. The minimum atomic E-state index is 0.263. The summed E-state index contributed by atoms with van der Waals surface area (Å²) in [5.41, 5.74) is 3.05. The van der Waals surface area contributed by atoms with Gasteiger partial charge in [-0.15, -0.1) is 0 Å². The molecule has 1 heterocycles. The number of benzene rings is 1. The zero-order valence-electron chi connectivity index (χ0n) is 13.5.